The number of nitriles is 1. The van der Waals surface area contributed by atoms with E-state index >= 15 is 0 Å². The molecule has 1 aromatic carbocycles. The molecule has 3 heterocycles. The smallest absolute Gasteiger partial charge is 0.242 e. The van der Waals surface area contributed by atoms with Crippen LogP contribution in [0.1, 0.15) is 37.8 Å². The molecule has 3 saturated heterocycles. The molecule has 4 fully saturated rings. The molecule has 31 heavy (non-hydrogen) atoms. The van der Waals surface area contributed by atoms with Gasteiger partial charge in [0.1, 0.15) is 6.04 Å². The van der Waals surface area contributed by atoms with Crippen molar-refractivity contribution in [2.45, 2.75) is 62.4 Å². The van der Waals surface area contributed by atoms with Crippen LogP contribution in [0.3, 0.4) is 0 Å². The summed E-state index contributed by atoms with van der Waals surface area (Å²) in [5.74, 6) is 0.386. The maximum Gasteiger partial charge on any atom is 0.242 e. The molecule has 0 aromatic heterocycles. The normalized spacial score (nSPS) is 33.0. The first-order chi connectivity index (χ1) is 14.9. The Morgan fingerprint density at radius 1 is 1.32 bits per heavy atom. The first-order valence-electron chi connectivity index (χ1n) is 10.9. The number of benzene rings is 1. The van der Waals surface area contributed by atoms with Gasteiger partial charge in [-0.2, -0.15) is 5.26 Å². The molecule has 1 saturated carbocycles. The van der Waals surface area contributed by atoms with Crippen LogP contribution >= 0.6 is 0 Å². The summed E-state index contributed by atoms with van der Waals surface area (Å²) in [5, 5.41) is 9.35. The lowest BCUT2D eigenvalue weighted by molar-refractivity contribution is -0.141. The van der Waals surface area contributed by atoms with Gasteiger partial charge in [-0.25, -0.2) is 4.85 Å². The average molecular weight is 419 g/mol. The Bertz CT molecular complexity index is 995. The predicted molar refractivity (Wildman–Crippen MR) is 112 cm³/mol. The quantitative estimate of drug-likeness (QED) is 0.730. The summed E-state index contributed by atoms with van der Waals surface area (Å²) in [7, 11) is 0. The third-order valence-corrected chi connectivity index (χ3v) is 7.49. The molecule has 1 unspecified atom stereocenters. The van der Waals surface area contributed by atoms with E-state index in [0.29, 0.717) is 24.7 Å². The van der Waals surface area contributed by atoms with Crippen molar-refractivity contribution in [2.24, 2.45) is 11.7 Å². The van der Waals surface area contributed by atoms with Crippen LogP contribution in [0.2, 0.25) is 0 Å². The highest BCUT2D eigenvalue weighted by Crippen LogP contribution is 2.48. The highest BCUT2D eigenvalue weighted by Gasteiger charge is 2.56. The lowest BCUT2D eigenvalue weighted by Crippen LogP contribution is -2.57. The van der Waals surface area contributed by atoms with E-state index in [-0.39, 0.29) is 42.0 Å². The molecular weight excluding hydrogens is 392 g/mol. The van der Waals surface area contributed by atoms with E-state index in [1.54, 1.807) is 17.0 Å². The number of carbonyl (C=O) groups is 2. The largest absolute Gasteiger partial charge is 0.330 e. The van der Waals surface area contributed by atoms with Crippen molar-refractivity contribution in [1.82, 2.24) is 14.7 Å². The van der Waals surface area contributed by atoms with Crippen molar-refractivity contribution in [3.63, 3.8) is 0 Å². The number of hydrogen-bond acceptors (Lipinski definition) is 5. The number of likely N-dealkylation sites (tertiary alicyclic amines) is 3. The number of amides is 2. The maximum absolute atomic E-state index is 13.1. The number of rotatable bonds is 5. The van der Waals surface area contributed by atoms with Crippen molar-refractivity contribution in [2.75, 3.05) is 13.1 Å². The summed E-state index contributed by atoms with van der Waals surface area (Å²) in [4.78, 5) is 35.2. The number of nitrogens with zero attached hydrogens (tertiary/aromatic N) is 5. The fourth-order valence-corrected chi connectivity index (χ4v) is 5.80. The van der Waals surface area contributed by atoms with Crippen molar-refractivity contribution < 1.29 is 9.59 Å². The Morgan fingerprint density at radius 2 is 2.06 bits per heavy atom. The second kappa shape index (κ2) is 7.33. The lowest BCUT2D eigenvalue weighted by atomic mass is 10.0. The fourth-order valence-electron chi connectivity index (χ4n) is 5.80. The van der Waals surface area contributed by atoms with Crippen LogP contribution in [0.25, 0.3) is 4.85 Å². The predicted octanol–water partition coefficient (Wildman–Crippen LogP) is 1.42. The molecule has 0 radical (unpaired) electrons. The standard InChI is InChI=1S/C23H26N6O2/c1-13(14-3-5-16(26-2)6-4-14)28-18-9-21(23(28)31)27(11-18)12-19(25)22(30)29-17(10-24)7-15-8-20(15)29/h3-6,13,15,17-21H,7-9,11-12,25H2,1H3/t13-,15-,17+,18+,19+,20?,21+/m1/s1. The number of fused-ring (bicyclic) bond motifs is 3. The van der Waals surface area contributed by atoms with Gasteiger partial charge >= 0.3 is 0 Å². The van der Waals surface area contributed by atoms with Gasteiger partial charge in [0.05, 0.1) is 30.8 Å². The topological polar surface area (TPSA) is 98.0 Å². The van der Waals surface area contributed by atoms with Gasteiger partial charge in [0.15, 0.2) is 5.69 Å². The second-order valence-electron chi connectivity index (χ2n) is 9.28. The molecule has 5 rings (SSSR count). The molecule has 8 nitrogen and oxygen atoms in total. The summed E-state index contributed by atoms with van der Waals surface area (Å²) in [6.45, 7) is 10.2. The van der Waals surface area contributed by atoms with E-state index in [0.717, 1.165) is 24.8 Å². The van der Waals surface area contributed by atoms with E-state index in [1.165, 1.54) is 0 Å². The second-order valence-corrected chi connectivity index (χ2v) is 9.28. The van der Waals surface area contributed by atoms with Crippen LogP contribution in [0.4, 0.5) is 5.69 Å². The van der Waals surface area contributed by atoms with Gasteiger partial charge in [-0.15, -0.1) is 0 Å². The maximum atomic E-state index is 13.1. The highest BCUT2D eigenvalue weighted by atomic mass is 16.2. The summed E-state index contributed by atoms with van der Waals surface area (Å²) in [5.41, 5.74) is 7.88. The lowest BCUT2D eigenvalue weighted by Gasteiger charge is -2.38. The highest BCUT2D eigenvalue weighted by molar-refractivity contribution is 5.87. The van der Waals surface area contributed by atoms with Crippen LogP contribution in [-0.4, -0.2) is 69.8 Å². The van der Waals surface area contributed by atoms with Crippen LogP contribution in [0.15, 0.2) is 24.3 Å². The molecular formula is C23H26N6O2. The third-order valence-electron chi connectivity index (χ3n) is 7.49. The van der Waals surface area contributed by atoms with Crippen LogP contribution in [-0.2, 0) is 9.59 Å². The third kappa shape index (κ3) is 3.18. The molecule has 2 amide bonds. The Morgan fingerprint density at radius 3 is 2.71 bits per heavy atom. The summed E-state index contributed by atoms with van der Waals surface area (Å²) < 4.78 is 0. The number of nitrogens with two attached hydrogens (primary N) is 1. The molecule has 0 spiro atoms. The fraction of sp³-hybridized carbons (Fsp3) is 0.565. The molecule has 1 aromatic rings. The van der Waals surface area contributed by atoms with E-state index in [1.807, 2.05) is 28.9 Å². The summed E-state index contributed by atoms with van der Waals surface area (Å²) >= 11 is 0. The van der Waals surface area contributed by atoms with Crippen molar-refractivity contribution in [3.05, 3.63) is 41.2 Å². The first kappa shape index (κ1) is 20.0. The summed E-state index contributed by atoms with van der Waals surface area (Å²) in [6, 6.07) is 8.54. The molecule has 4 aliphatic rings. The van der Waals surface area contributed by atoms with Crippen molar-refractivity contribution >= 4 is 17.5 Å². The summed E-state index contributed by atoms with van der Waals surface area (Å²) in [6.07, 6.45) is 2.49. The first-order valence-corrected chi connectivity index (χ1v) is 10.9. The van der Waals surface area contributed by atoms with Gasteiger partial charge in [-0.3, -0.25) is 14.5 Å². The molecule has 3 aliphatic heterocycles. The molecule has 2 bridgehead atoms. The van der Waals surface area contributed by atoms with E-state index in [2.05, 4.69) is 10.9 Å². The monoisotopic (exact) mass is 418 g/mol. The van der Waals surface area contributed by atoms with E-state index in [9.17, 15) is 14.9 Å². The molecule has 8 heteroatoms. The van der Waals surface area contributed by atoms with Gasteiger partial charge in [0, 0.05) is 25.2 Å². The minimum absolute atomic E-state index is 0.0625. The van der Waals surface area contributed by atoms with Gasteiger partial charge in [0.2, 0.25) is 11.8 Å². The number of hydrogen-bond donors (Lipinski definition) is 1. The van der Waals surface area contributed by atoms with Gasteiger partial charge in [-0.05, 0) is 37.7 Å². The Hall–Kier alpha value is -2.94. The van der Waals surface area contributed by atoms with Gasteiger partial charge < -0.3 is 15.5 Å². The molecule has 2 N–H and O–H groups in total. The van der Waals surface area contributed by atoms with Crippen LogP contribution in [0, 0.1) is 23.8 Å². The van der Waals surface area contributed by atoms with E-state index in [4.69, 9.17) is 12.3 Å². The number of carbonyl (C=O) groups excluding carboxylic acids is 2. The molecule has 7 atom stereocenters. The zero-order valence-electron chi connectivity index (χ0n) is 17.5. The zero-order chi connectivity index (χ0) is 21.9. The Kier molecular flexibility index (Phi) is 4.73. The van der Waals surface area contributed by atoms with Crippen molar-refractivity contribution in [1.29, 1.82) is 5.26 Å². The SMILES string of the molecule is [C-]#[N+]c1ccc([C@@H](C)N2C(=O)[C@@H]3C[C@H]2CN3C[C@H](N)C(=O)N2C3C[C@H]3C[C@H]2C#N)cc1. The minimum Gasteiger partial charge on any atom is -0.330 e. The van der Waals surface area contributed by atoms with E-state index < -0.39 is 6.04 Å². The number of piperidine rings is 1. The van der Waals surface area contributed by atoms with Gasteiger partial charge in [0.25, 0.3) is 0 Å². The zero-order valence-corrected chi connectivity index (χ0v) is 17.5. The Labute approximate surface area is 182 Å². The number of piperazine rings is 1. The van der Waals surface area contributed by atoms with Crippen molar-refractivity contribution in [3.8, 4) is 6.07 Å². The Balaban J connectivity index is 1.23. The van der Waals surface area contributed by atoms with Gasteiger partial charge in [-0.1, -0.05) is 24.3 Å². The average Bonchev–Trinajstić information content (AvgIpc) is 3.11. The molecule has 160 valence electrons. The van der Waals surface area contributed by atoms with Crippen LogP contribution < -0.4 is 5.73 Å². The van der Waals surface area contributed by atoms with Crippen LogP contribution in [0.5, 0.6) is 0 Å². The molecule has 1 aliphatic carbocycles. The minimum atomic E-state index is -0.714.